The number of pyridine rings is 2. The maximum absolute atomic E-state index is 6.28. The molecule has 11 heteroatoms. The highest BCUT2D eigenvalue weighted by Crippen LogP contribution is 2.38. The fourth-order valence-electron chi connectivity index (χ4n) is 6.32. The minimum Gasteiger partial charge on any atom is -0.481 e. The maximum atomic E-state index is 6.28. The minimum atomic E-state index is 0.0119. The molecule has 0 bridgehead atoms. The molecule has 2 aromatic carbocycles. The Morgan fingerprint density at radius 3 is 1.83 bits per heavy atom. The van der Waals surface area contributed by atoms with Crippen LogP contribution in [0.1, 0.15) is 58.2 Å². The number of halogens is 2. The zero-order valence-electron chi connectivity index (χ0n) is 27.7. The van der Waals surface area contributed by atoms with E-state index >= 15 is 0 Å². The summed E-state index contributed by atoms with van der Waals surface area (Å²) in [7, 11) is 3.27. The van der Waals surface area contributed by atoms with E-state index in [1.54, 1.807) is 14.2 Å². The van der Waals surface area contributed by atoms with Gasteiger partial charge >= 0.3 is 0 Å². The zero-order valence-corrected chi connectivity index (χ0v) is 30.9. The van der Waals surface area contributed by atoms with Gasteiger partial charge in [0, 0.05) is 30.2 Å². The van der Waals surface area contributed by atoms with E-state index in [0.717, 1.165) is 79.4 Å². The number of morpholine rings is 1. The van der Waals surface area contributed by atoms with Crippen LogP contribution in [0.5, 0.6) is 23.5 Å². The third-order valence-corrected chi connectivity index (χ3v) is 10.2. The molecular formula is C37H41Br2N3O6. The van der Waals surface area contributed by atoms with E-state index in [1.807, 2.05) is 6.07 Å². The zero-order chi connectivity index (χ0) is 33.6. The Hall–Kier alpha value is -3.22. The molecule has 4 heterocycles. The van der Waals surface area contributed by atoms with Crippen molar-refractivity contribution in [1.29, 1.82) is 0 Å². The summed E-state index contributed by atoms with van der Waals surface area (Å²) in [5, 5.41) is 3.46. The van der Waals surface area contributed by atoms with E-state index in [2.05, 4.69) is 98.5 Å². The molecule has 2 aliphatic heterocycles. The van der Waals surface area contributed by atoms with Gasteiger partial charge < -0.3 is 33.7 Å². The van der Waals surface area contributed by atoms with E-state index in [9.17, 15) is 0 Å². The number of methoxy groups -OCH3 is 2. The van der Waals surface area contributed by atoms with Gasteiger partial charge in [0.15, 0.2) is 0 Å². The molecule has 0 spiro atoms. The third-order valence-electron chi connectivity index (χ3n) is 9.07. The van der Waals surface area contributed by atoms with Gasteiger partial charge in [-0.2, -0.15) is 9.97 Å². The molecule has 9 nitrogen and oxygen atoms in total. The highest BCUT2D eigenvalue weighted by atomic mass is 79.9. The molecule has 2 unspecified atom stereocenters. The second kappa shape index (κ2) is 16.0. The molecule has 2 aliphatic rings. The number of benzene rings is 2. The Kier molecular flexibility index (Phi) is 11.5. The number of aromatic nitrogens is 2. The number of ether oxygens (including phenoxy) is 6. The molecule has 2 fully saturated rings. The first-order valence-electron chi connectivity index (χ1n) is 16.2. The van der Waals surface area contributed by atoms with Gasteiger partial charge in [0.1, 0.15) is 13.2 Å². The van der Waals surface area contributed by atoms with Crippen LogP contribution < -0.4 is 24.3 Å². The van der Waals surface area contributed by atoms with Crippen LogP contribution in [0, 0.1) is 13.8 Å². The Bertz CT molecular complexity index is 1610. The molecule has 254 valence electrons. The van der Waals surface area contributed by atoms with Crippen LogP contribution in [0.4, 0.5) is 0 Å². The number of hydrogen-bond acceptors (Lipinski definition) is 9. The summed E-state index contributed by atoms with van der Waals surface area (Å²) in [4.78, 5) is 9.41. The van der Waals surface area contributed by atoms with Gasteiger partial charge in [-0.1, -0.05) is 36.4 Å². The van der Waals surface area contributed by atoms with Crippen molar-refractivity contribution in [1.82, 2.24) is 15.3 Å². The summed E-state index contributed by atoms with van der Waals surface area (Å²) in [6.07, 6.45) is 2.08. The van der Waals surface area contributed by atoms with E-state index in [1.165, 1.54) is 0 Å². The van der Waals surface area contributed by atoms with E-state index in [4.69, 9.17) is 33.4 Å². The van der Waals surface area contributed by atoms with Crippen LogP contribution >= 0.6 is 31.9 Å². The Labute approximate surface area is 298 Å². The standard InChI is InChI=1S/C37H41Br2N3O6/c1-22-24(19-47-36-31(38)16-29(34(41-36)43-3)26-10-7-14-45-18-26)8-5-11-27(22)28-12-6-9-25(23(28)2)20-48-37-32(39)17-30(35(42-37)44-4)33-21-46-15-13-40-33/h5-6,8-9,11-12,16-17,26,33,40H,7,10,13-15,18-21H2,1-4H3. The number of hydrogen-bond donors (Lipinski definition) is 1. The first kappa shape index (κ1) is 34.6. The molecule has 4 aromatic rings. The molecule has 2 saturated heterocycles. The van der Waals surface area contributed by atoms with Crippen molar-refractivity contribution in [2.45, 2.75) is 51.9 Å². The third kappa shape index (κ3) is 7.65. The lowest BCUT2D eigenvalue weighted by atomic mass is 9.92. The van der Waals surface area contributed by atoms with Crippen LogP contribution in [0.15, 0.2) is 57.5 Å². The van der Waals surface area contributed by atoms with Crippen molar-refractivity contribution in [3.05, 3.63) is 90.9 Å². The number of rotatable bonds is 11. The molecule has 0 radical (unpaired) electrons. The van der Waals surface area contributed by atoms with Gasteiger partial charge in [0.2, 0.25) is 23.5 Å². The minimum absolute atomic E-state index is 0.0119. The van der Waals surface area contributed by atoms with Crippen molar-refractivity contribution in [3.8, 4) is 34.6 Å². The van der Waals surface area contributed by atoms with Crippen LogP contribution in [0.3, 0.4) is 0 Å². The molecule has 6 rings (SSSR count). The smallest absolute Gasteiger partial charge is 0.231 e. The molecular weight excluding hydrogens is 742 g/mol. The molecule has 48 heavy (non-hydrogen) atoms. The van der Waals surface area contributed by atoms with Gasteiger partial charge in [0.05, 0.1) is 49.0 Å². The van der Waals surface area contributed by atoms with Crippen molar-refractivity contribution < 1.29 is 28.4 Å². The summed E-state index contributed by atoms with van der Waals surface area (Å²) >= 11 is 7.35. The summed E-state index contributed by atoms with van der Waals surface area (Å²) in [6.45, 7) is 8.50. The van der Waals surface area contributed by atoms with E-state index in [-0.39, 0.29) is 12.0 Å². The first-order chi connectivity index (χ1) is 23.4. The molecule has 2 atom stereocenters. The SMILES string of the molecule is COc1nc(OCc2cccc(-c3cccc(COc4nc(OC)c(C5COCCN5)cc4Br)c3C)c2C)c(Br)cc1C1CCCOC1. The number of nitrogens with zero attached hydrogens (tertiary/aromatic N) is 2. The van der Waals surface area contributed by atoms with Crippen LogP contribution in [0.25, 0.3) is 11.1 Å². The van der Waals surface area contributed by atoms with Gasteiger partial charge in [-0.15, -0.1) is 0 Å². The molecule has 0 aliphatic carbocycles. The summed E-state index contributed by atoms with van der Waals surface area (Å²) in [6, 6.07) is 16.7. The fraction of sp³-hybridized carbons (Fsp3) is 0.405. The van der Waals surface area contributed by atoms with Crippen molar-refractivity contribution >= 4 is 31.9 Å². The van der Waals surface area contributed by atoms with E-state index < -0.39 is 0 Å². The lowest BCUT2D eigenvalue weighted by Crippen LogP contribution is -2.34. The lowest BCUT2D eigenvalue weighted by molar-refractivity contribution is 0.0757. The maximum Gasteiger partial charge on any atom is 0.231 e. The molecule has 2 aromatic heterocycles. The molecule has 0 saturated carbocycles. The first-order valence-corrected chi connectivity index (χ1v) is 17.8. The van der Waals surface area contributed by atoms with Crippen LogP contribution in [-0.4, -0.2) is 57.2 Å². The predicted octanol–water partition coefficient (Wildman–Crippen LogP) is 8.02. The Balaban J connectivity index is 1.18. The molecule has 0 amide bonds. The Morgan fingerprint density at radius 1 is 0.750 bits per heavy atom. The monoisotopic (exact) mass is 781 g/mol. The van der Waals surface area contributed by atoms with Crippen LogP contribution in [0.2, 0.25) is 0 Å². The highest BCUT2D eigenvalue weighted by Gasteiger charge is 2.24. The van der Waals surface area contributed by atoms with E-state index in [0.29, 0.717) is 56.6 Å². The van der Waals surface area contributed by atoms with Gasteiger partial charge in [-0.25, -0.2) is 0 Å². The van der Waals surface area contributed by atoms with Crippen molar-refractivity contribution in [2.75, 3.05) is 47.2 Å². The second-order valence-corrected chi connectivity index (χ2v) is 13.7. The summed E-state index contributed by atoms with van der Waals surface area (Å²) in [5.41, 5.74) is 8.67. The van der Waals surface area contributed by atoms with Crippen molar-refractivity contribution in [3.63, 3.8) is 0 Å². The van der Waals surface area contributed by atoms with Crippen molar-refractivity contribution in [2.24, 2.45) is 0 Å². The lowest BCUT2D eigenvalue weighted by Gasteiger charge is -2.25. The fourth-order valence-corrected chi connectivity index (χ4v) is 7.22. The largest absolute Gasteiger partial charge is 0.481 e. The van der Waals surface area contributed by atoms with Crippen LogP contribution in [-0.2, 0) is 22.7 Å². The summed E-state index contributed by atoms with van der Waals surface area (Å²) < 4.78 is 36.8. The average Bonchev–Trinajstić information content (AvgIpc) is 3.12. The molecule has 1 N–H and O–H groups in total. The second-order valence-electron chi connectivity index (χ2n) is 12.0. The topological polar surface area (TPSA) is 93.2 Å². The highest BCUT2D eigenvalue weighted by molar-refractivity contribution is 9.10. The van der Waals surface area contributed by atoms with Gasteiger partial charge in [-0.3, -0.25) is 0 Å². The predicted molar refractivity (Wildman–Crippen MR) is 191 cm³/mol. The van der Waals surface area contributed by atoms with Gasteiger partial charge in [-0.05, 0) is 104 Å². The quantitative estimate of drug-likeness (QED) is 0.163. The summed E-state index contributed by atoms with van der Waals surface area (Å²) in [5.74, 6) is 2.34. The number of nitrogens with one attached hydrogen (secondary N) is 1. The Morgan fingerprint density at radius 2 is 1.31 bits per heavy atom. The van der Waals surface area contributed by atoms with Gasteiger partial charge in [0.25, 0.3) is 0 Å². The normalized spacial score (nSPS) is 18.0. The average molecular weight is 784 g/mol.